The van der Waals surface area contributed by atoms with Crippen molar-refractivity contribution in [3.8, 4) is 0 Å². The average Bonchev–Trinajstić information content (AvgIpc) is 3.05. The first kappa shape index (κ1) is 17.6. The van der Waals surface area contributed by atoms with Gasteiger partial charge in [0.2, 0.25) is 0 Å². The lowest BCUT2D eigenvalue weighted by atomic mass is 9.86. The van der Waals surface area contributed by atoms with Crippen molar-refractivity contribution in [1.82, 2.24) is 0 Å². The van der Waals surface area contributed by atoms with Gasteiger partial charge in [0.25, 0.3) is 0 Å². The normalized spacial score (nSPS) is 12.2. The van der Waals surface area contributed by atoms with Crippen LogP contribution in [-0.2, 0) is 11.8 Å². The van der Waals surface area contributed by atoms with Gasteiger partial charge in [-0.15, -0.1) is 0 Å². The van der Waals surface area contributed by atoms with Crippen LogP contribution in [0.1, 0.15) is 48.6 Å². The molecule has 2 aromatic carbocycles. The van der Waals surface area contributed by atoms with E-state index in [0.717, 1.165) is 38.6 Å². The zero-order valence-electron chi connectivity index (χ0n) is 16.5. The van der Waals surface area contributed by atoms with E-state index in [1.165, 1.54) is 0 Å². The summed E-state index contributed by atoms with van der Waals surface area (Å²) in [5.41, 5.74) is 5.97. The Morgan fingerprint density at radius 2 is 1.63 bits per heavy atom. The SMILES string of the molecule is Cc1c(Cc2ccccc2)c(=O)oc2c(C)c3occ(C(C)(C)C)c3cc12. The molecule has 0 N–H and O–H groups in total. The maximum Gasteiger partial charge on any atom is 0.340 e. The van der Waals surface area contributed by atoms with Gasteiger partial charge in [0.05, 0.1) is 6.26 Å². The van der Waals surface area contributed by atoms with Gasteiger partial charge < -0.3 is 8.83 Å². The number of hydrogen-bond donors (Lipinski definition) is 0. The molecule has 27 heavy (non-hydrogen) atoms. The molecule has 0 bridgehead atoms. The lowest BCUT2D eigenvalue weighted by molar-refractivity contribution is 0.544. The Balaban J connectivity index is 2.01. The lowest BCUT2D eigenvalue weighted by Crippen LogP contribution is -2.12. The summed E-state index contributed by atoms with van der Waals surface area (Å²) < 4.78 is 11.6. The molecule has 0 unspecified atom stereocenters. The van der Waals surface area contributed by atoms with E-state index in [4.69, 9.17) is 8.83 Å². The second-order valence-corrected chi connectivity index (χ2v) is 8.31. The molecule has 0 radical (unpaired) electrons. The zero-order chi connectivity index (χ0) is 19.3. The van der Waals surface area contributed by atoms with Crippen molar-refractivity contribution in [1.29, 1.82) is 0 Å². The zero-order valence-corrected chi connectivity index (χ0v) is 16.5. The third-order valence-corrected chi connectivity index (χ3v) is 5.37. The molecule has 0 atom stereocenters. The van der Waals surface area contributed by atoms with Crippen LogP contribution in [0.15, 0.2) is 56.3 Å². The number of benzene rings is 2. The van der Waals surface area contributed by atoms with Crippen molar-refractivity contribution in [2.75, 3.05) is 0 Å². The van der Waals surface area contributed by atoms with E-state index in [9.17, 15) is 4.79 Å². The predicted molar refractivity (Wildman–Crippen MR) is 110 cm³/mol. The van der Waals surface area contributed by atoms with Crippen molar-refractivity contribution in [2.45, 2.75) is 46.5 Å². The Bertz CT molecular complexity index is 1200. The van der Waals surface area contributed by atoms with Gasteiger partial charge in [-0.2, -0.15) is 0 Å². The molecule has 4 rings (SSSR count). The molecule has 2 heterocycles. The summed E-state index contributed by atoms with van der Waals surface area (Å²) in [6, 6.07) is 12.1. The molecule has 0 amide bonds. The van der Waals surface area contributed by atoms with Gasteiger partial charge >= 0.3 is 5.63 Å². The Labute approximate surface area is 158 Å². The number of hydrogen-bond acceptors (Lipinski definition) is 3. The Hall–Kier alpha value is -2.81. The molecular weight excluding hydrogens is 336 g/mol. The average molecular weight is 360 g/mol. The second-order valence-electron chi connectivity index (χ2n) is 8.31. The molecule has 0 saturated carbocycles. The lowest BCUT2D eigenvalue weighted by Gasteiger charge is -2.17. The van der Waals surface area contributed by atoms with Crippen LogP contribution in [0.5, 0.6) is 0 Å². The highest BCUT2D eigenvalue weighted by atomic mass is 16.4. The number of fused-ring (bicyclic) bond motifs is 2. The molecule has 0 aliphatic rings. The molecule has 0 saturated heterocycles. The molecule has 0 aliphatic carbocycles. The maximum absolute atomic E-state index is 12.7. The maximum atomic E-state index is 12.7. The largest absolute Gasteiger partial charge is 0.464 e. The van der Waals surface area contributed by atoms with Crippen molar-refractivity contribution in [2.24, 2.45) is 0 Å². The highest BCUT2D eigenvalue weighted by molar-refractivity contribution is 6.00. The standard InChI is InChI=1S/C24H24O3/c1-14-17-12-19-20(24(3,4)5)13-26-21(19)15(2)22(17)27-23(25)18(14)11-16-9-7-6-8-10-16/h6-10,12-13H,11H2,1-5H3. The summed E-state index contributed by atoms with van der Waals surface area (Å²) in [5.74, 6) is 0. The topological polar surface area (TPSA) is 43.4 Å². The van der Waals surface area contributed by atoms with E-state index in [1.54, 1.807) is 0 Å². The summed E-state index contributed by atoms with van der Waals surface area (Å²) >= 11 is 0. The first-order chi connectivity index (χ1) is 12.8. The van der Waals surface area contributed by atoms with E-state index < -0.39 is 0 Å². The van der Waals surface area contributed by atoms with Crippen LogP contribution >= 0.6 is 0 Å². The first-order valence-electron chi connectivity index (χ1n) is 9.29. The van der Waals surface area contributed by atoms with Crippen molar-refractivity contribution in [3.05, 3.63) is 80.9 Å². The van der Waals surface area contributed by atoms with Gasteiger partial charge in [0.15, 0.2) is 0 Å². The smallest absolute Gasteiger partial charge is 0.340 e. The van der Waals surface area contributed by atoms with Crippen molar-refractivity contribution in [3.63, 3.8) is 0 Å². The van der Waals surface area contributed by atoms with Crippen molar-refractivity contribution < 1.29 is 8.83 Å². The molecule has 0 spiro atoms. The minimum absolute atomic E-state index is 0.0260. The third kappa shape index (κ3) is 2.87. The molecule has 2 aromatic heterocycles. The van der Waals surface area contributed by atoms with Gasteiger partial charge in [-0.25, -0.2) is 4.79 Å². The highest BCUT2D eigenvalue weighted by Gasteiger charge is 2.23. The number of aryl methyl sites for hydroxylation is 2. The summed E-state index contributed by atoms with van der Waals surface area (Å²) in [7, 11) is 0. The fourth-order valence-corrected chi connectivity index (χ4v) is 3.78. The highest BCUT2D eigenvalue weighted by Crippen LogP contribution is 2.37. The molecule has 138 valence electrons. The number of furan rings is 1. The van der Waals surface area contributed by atoms with Gasteiger partial charge in [0, 0.05) is 33.9 Å². The van der Waals surface area contributed by atoms with E-state index in [2.05, 4.69) is 26.8 Å². The Kier molecular flexibility index (Phi) is 3.99. The minimum Gasteiger partial charge on any atom is -0.464 e. The van der Waals surface area contributed by atoms with Crippen molar-refractivity contribution >= 4 is 21.9 Å². The van der Waals surface area contributed by atoms with Gasteiger partial charge in [-0.05, 0) is 36.5 Å². The molecular formula is C24H24O3. The predicted octanol–water partition coefficient (Wildman–Crippen LogP) is 6.04. The van der Waals surface area contributed by atoms with Crippen LogP contribution in [-0.4, -0.2) is 0 Å². The van der Waals surface area contributed by atoms with E-state index in [1.807, 2.05) is 50.4 Å². The van der Waals surface area contributed by atoms with E-state index in [-0.39, 0.29) is 11.0 Å². The quantitative estimate of drug-likeness (QED) is 0.409. The molecule has 0 fully saturated rings. The molecule has 0 aliphatic heterocycles. The van der Waals surface area contributed by atoms with Gasteiger partial charge in [-0.1, -0.05) is 51.1 Å². The summed E-state index contributed by atoms with van der Waals surface area (Å²) in [6.07, 6.45) is 2.40. The molecule has 3 heteroatoms. The van der Waals surface area contributed by atoms with E-state index >= 15 is 0 Å². The van der Waals surface area contributed by atoms with Crippen LogP contribution in [0.3, 0.4) is 0 Å². The van der Waals surface area contributed by atoms with Crippen LogP contribution in [0.2, 0.25) is 0 Å². The molecule has 4 aromatic rings. The van der Waals surface area contributed by atoms with Crippen LogP contribution in [0.25, 0.3) is 21.9 Å². The van der Waals surface area contributed by atoms with Crippen LogP contribution in [0, 0.1) is 13.8 Å². The van der Waals surface area contributed by atoms with E-state index in [0.29, 0.717) is 17.6 Å². The fraction of sp³-hybridized carbons (Fsp3) is 0.292. The van der Waals surface area contributed by atoms with Crippen LogP contribution < -0.4 is 5.63 Å². The Morgan fingerprint density at radius 1 is 0.926 bits per heavy atom. The minimum atomic E-state index is -0.270. The van der Waals surface area contributed by atoms with Crippen LogP contribution in [0.4, 0.5) is 0 Å². The Morgan fingerprint density at radius 3 is 2.30 bits per heavy atom. The second kappa shape index (κ2) is 6.12. The monoisotopic (exact) mass is 360 g/mol. The van der Waals surface area contributed by atoms with Gasteiger partial charge in [0.1, 0.15) is 11.2 Å². The first-order valence-corrected chi connectivity index (χ1v) is 9.29. The summed E-state index contributed by atoms with van der Waals surface area (Å²) in [4.78, 5) is 12.7. The number of rotatable bonds is 2. The third-order valence-electron chi connectivity index (χ3n) is 5.37. The van der Waals surface area contributed by atoms with Gasteiger partial charge in [-0.3, -0.25) is 0 Å². The molecule has 3 nitrogen and oxygen atoms in total. The fourth-order valence-electron chi connectivity index (χ4n) is 3.78. The summed E-state index contributed by atoms with van der Waals surface area (Å²) in [6.45, 7) is 10.5. The summed E-state index contributed by atoms with van der Waals surface area (Å²) in [5, 5.41) is 2.08.